The van der Waals surface area contributed by atoms with Crippen molar-refractivity contribution in [2.24, 2.45) is 11.8 Å². The first-order valence-electron chi connectivity index (χ1n) is 13.3. The van der Waals surface area contributed by atoms with E-state index in [0.29, 0.717) is 71.3 Å². The minimum atomic E-state index is -0.155. The van der Waals surface area contributed by atoms with Crippen LogP contribution >= 0.6 is 24.8 Å². The topological polar surface area (TPSA) is 97.5 Å². The van der Waals surface area contributed by atoms with Crippen molar-refractivity contribution >= 4 is 47.7 Å². The van der Waals surface area contributed by atoms with Crippen molar-refractivity contribution in [1.29, 1.82) is 0 Å². The number of nitrogens with zero attached hydrogens (tertiary/aromatic N) is 6. The van der Waals surface area contributed by atoms with E-state index in [1.54, 1.807) is 6.20 Å². The highest BCUT2D eigenvalue weighted by Gasteiger charge is 2.36. The zero-order valence-electron chi connectivity index (χ0n) is 22.6. The van der Waals surface area contributed by atoms with Crippen LogP contribution < -0.4 is 5.32 Å². The molecule has 2 aromatic heterocycles. The standard InChI is InChI=1S/C27H37N7O3.2ClH/c1-20(2)19-34(22-16-21(17-28-18-22)26(35)31-12-14-37-15-13-31)27(36)25-30-23-6-3-4-7-24(23)33(25)11-10-32-9-5-8-29-32;;/h3-9,20-22,28H,10-19H2,1-2H3;2*1H/t21-,22+;;/m1../s1. The molecule has 2 fully saturated rings. The molecule has 0 unspecified atom stereocenters. The van der Waals surface area contributed by atoms with E-state index in [9.17, 15) is 9.59 Å². The van der Waals surface area contributed by atoms with E-state index in [-0.39, 0.29) is 54.5 Å². The maximum Gasteiger partial charge on any atom is 0.290 e. The normalized spacial score (nSPS) is 19.4. The minimum absolute atomic E-state index is 0. The van der Waals surface area contributed by atoms with Gasteiger partial charge in [-0.15, -0.1) is 24.8 Å². The van der Waals surface area contributed by atoms with Crippen LogP contribution in [-0.2, 0) is 22.6 Å². The number of fused-ring (bicyclic) bond motifs is 1. The average molecular weight is 581 g/mol. The van der Waals surface area contributed by atoms with Gasteiger partial charge < -0.3 is 24.4 Å². The number of amides is 2. The highest BCUT2D eigenvalue weighted by molar-refractivity contribution is 5.95. The molecule has 2 aliphatic rings. The number of halogens is 2. The van der Waals surface area contributed by atoms with Crippen molar-refractivity contribution in [3.05, 3.63) is 48.5 Å². The van der Waals surface area contributed by atoms with E-state index in [0.717, 1.165) is 11.0 Å². The Hall–Kier alpha value is -2.66. The number of aromatic nitrogens is 4. The number of hydrogen-bond donors (Lipinski definition) is 1. The molecule has 4 heterocycles. The number of carbonyl (C=O) groups is 2. The van der Waals surface area contributed by atoms with Crippen LogP contribution in [0.4, 0.5) is 0 Å². The SMILES string of the molecule is CC(C)CN(C(=O)c1nc2ccccc2n1CCn1cccn1)[C@@H]1CNC[C@H](C(=O)N2CCOCC2)C1.Cl.Cl. The van der Waals surface area contributed by atoms with Gasteiger partial charge in [0.25, 0.3) is 5.91 Å². The summed E-state index contributed by atoms with van der Waals surface area (Å²) in [5.41, 5.74) is 1.74. The van der Waals surface area contributed by atoms with Gasteiger partial charge in [0.05, 0.1) is 36.7 Å². The van der Waals surface area contributed by atoms with Gasteiger partial charge in [-0.1, -0.05) is 26.0 Å². The smallest absolute Gasteiger partial charge is 0.290 e. The molecule has 2 atom stereocenters. The van der Waals surface area contributed by atoms with E-state index < -0.39 is 0 Å². The van der Waals surface area contributed by atoms with Crippen molar-refractivity contribution in [1.82, 2.24) is 34.4 Å². The van der Waals surface area contributed by atoms with Crippen LogP contribution in [0.2, 0.25) is 0 Å². The number of imidazole rings is 1. The summed E-state index contributed by atoms with van der Waals surface area (Å²) >= 11 is 0. The second-order valence-corrected chi connectivity index (χ2v) is 10.4. The number of ether oxygens (including phenoxy) is 1. The fourth-order valence-corrected chi connectivity index (χ4v) is 5.41. The first-order valence-corrected chi connectivity index (χ1v) is 13.3. The number of morpholine rings is 1. The van der Waals surface area contributed by atoms with Crippen LogP contribution in [0.3, 0.4) is 0 Å². The third kappa shape index (κ3) is 7.11. The van der Waals surface area contributed by atoms with Crippen molar-refractivity contribution in [3.63, 3.8) is 0 Å². The molecule has 0 bridgehead atoms. The maximum absolute atomic E-state index is 14.2. The Morgan fingerprint density at radius 2 is 1.87 bits per heavy atom. The van der Waals surface area contributed by atoms with Gasteiger partial charge in [-0.2, -0.15) is 5.10 Å². The third-order valence-electron chi connectivity index (χ3n) is 7.22. The number of hydrogen-bond acceptors (Lipinski definition) is 6. The van der Waals surface area contributed by atoms with Crippen LogP contribution in [0.5, 0.6) is 0 Å². The summed E-state index contributed by atoms with van der Waals surface area (Å²) < 4.78 is 9.30. The molecule has 5 rings (SSSR count). The number of benzene rings is 1. The lowest BCUT2D eigenvalue weighted by Crippen LogP contribution is -2.56. The van der Waals surface area contributed by atoms with Gasteiger partial charge >= 0.3 is 0 Å². The molecule has 12 heteroatoms. The van der Waals surface area contributed by atoms with Crippen molar-refractivity contribution in [2.45, 2.75) is 39.4 Å². The van der Waals surface area contributed by atoms with Crippen molar-refractivity contribution < 1.29 is 14.3 Å². The lowest BCUT2D eigenvalue weighted by Gasteiger charge is -2.40. The lowest BCUT2D eigenvalue weighted by molar-refractivity contribution is -0.140. The summed E-state index contributed by atoms with van der Waals surface area (Å²) in [5, 5.41) is 7.76. The van der Waals surface area contributed by atoms with Crippen LogP contribution in [0, 0.1) is 11.8 Å². The summed E-state index contributed by atoms with van der Waals surface area (Å²) in [5.74, 6) is 0.635. The molecule has 2 aliphatic heterocycles. The monoisotopic (exact) mass is 579 g/mol. The first-order chi connectivity index (χ1) is 18.0. The van der Waals surface area contributed by atoms with Gasteiger partial charge in [0.2, 0.25) is 5.91 Å². The molecule has 0 saturated carbocycles. The summed E-state index contributed by atoms with van der Waals surface area (Å²) in [6.45, 7) is 9.80. The number of rotatable bonds is 8. The molecule has 0 radical (unpaired) electrons. The molecule has 2 amide bonds. The van der Waals surface area contributed by atoms with Crippen LogP contribution in [0.25, 0.3) is 11.0 Å². The second kappa shape index (κ2) is 14.1. The Morgan fingerprint density at radius 1 is 1.10 bits per heavy atom. The Kier molecular flexibility index (Phi) is 11.2. The molecule has 3 aromatic rings. The minimum Gasteiger partial charge on any atom is -0.378 e. The summed E-state index contributed by atoms with van der Waals surface area (Å²) in [6.07, 6.45) is 4.33. The first kappa shape index (κ1) is 30.9. The third-order valence-corrected chi connectivity index (χ3v) is 7.22. The van der Waals surface area contributed by atoms with Crippen molar-refractivity contribution in [3.8, 4) is 0 Å². The summed E-state index contributed by atoms with van der Waals surface area (Å²) in [4.78, 5) is 36.1. The van der Waals surface area contributed by atoms with Crippen molar-refractivity contribution in [2.75, 3.05) is 45.9 Å². The van der Waals surface area contributed by atoms with E-state index in [1.165, 1.54) is 0 Å². The predicted molar refractivity (Wildman–Crippen MR) is 154 cm³/mol. The Labute approximate surface area is 241 Å². The number of piperidine rings is 1. The molecule has 1 N–H and O–H groups in total. The fraction of sp³-hybridized carbons (Fsp3) is 0.556. The number of carbonyl (C=O) groups excluding carboxylic acids is 2. The van der Waals surface area contributed by atoms with Gasteiger partial charge in [-0.05, 0) is 30.5 Å². The molecule has 10 nitrogen and oxygen atoms in total. The summed E-state index contributed by atoms with van der Waals surface area (Å²) in [6, 6.07) is 9.68. The molecule has 39 heavy (non-hydrogen) atoms. The van der Waals surface area contributed by atoms with Crippen LogP contribution in [-0.4, -0.2) is 92.9 Å². The number of para-hydroxylation sites is 2. The summed E-state index contributed by atoms with van der Waals surface area (Å²) in [7, 11) is 0. The Balaban J connectivity index is 0.00000210. The number of nitrogens with one attached hydrogen (secondary N) is 1. The van der Waals surface area contributed by atoms with E-state index >= 15 is 0 Å². The molecule has 1 aromatic carbocycles. The molecule has 0 aliphatic carbocycles. The van der Waals surface area contributed by atoms with E-state index in [4.69, 9.17) is 9.72 Å². The van der Waals surface area contributed by atoms with Crippen LogP contribution in [0.1, 0.15) is 30.9 Å². The van der Waals surface area contributed by atoms with Gasteiger partial charge in [0.15, 0.2) is 5.82 Å². The predicted octanol–water partition coefficient (Wildman–Crippen LogP) is 2.71. The maximum atomic E-state index is 14.2. The van der Waals surface area contributed by atoms with E-state index in [2.05, 4.69) is 24.3 Å². The highest BCUT2D eigenvalue weighted by atomic mass is 35.5. The molecule has 0 spiro atoms. The molecule has 214 valence electrons. The van der Waals surface area contributed by atoms with Gasteiger partial charge in [-0.3, -0.25) is 14.3 Å². The zero-order valence-corrected chi connectivity index (χ0v) is 24.2. The van der Waals surface area contributed by atoms with Gasteiger partial charge in [0.1, 0.15) is 0 Å². The fourth-order valence-electron chi connectivity index (χ4n) is 5.41. The Bertz CT molecular complexity index is 1210. The quantitative estimate of drug-likeness (QED) is 0.440. The molecular weight excluding hydrogens is 541 g/mol. The molecular formula is C27H39Cl2N7O3. The Morgan fingerprint density at radius 3 is 2.59 bits per heavy atom. The zero-order chi connectivity index (χ0) is 25.8. The van der Waals surface area contributed by atoms with Crippen LogP contribution in [0.15, 0.2) is 42.7 Å². The average Bonchev–Trinajstić information content (AvgIpc) is 3.58. The van der Waals surface area contributed by atoms with E-state index in [1.807, 2.05) is 55.6 Å². The second-order valence-electron chi connectivity index (χ2n) is 10.4. The lowest BCUT2D eigenvalue weighted by atomic mass is 9.92. The van der Waals surface area contributed by atoms with Gasteiger partial charge in [0, 0.05) is 57.7 Å². The van der Waals surface area contributed by atoms with Gasteiger partial charge in [-0.25, -0.2) is 4.98 Å². The largest absolute Gasteiger partial charge is 0.378 e. The number of aryl methyl sites for hydroxylation is 2. The molecule has 2 saturated heterocycles. The highest BCUT2D eigenvalue weighted by Crippen LogP contribution is 2.24.